The Morgan fingerprint density at radius 2 is 2.00 bits per heavy atom. The molecule has 0 aromatic heterocycles. The smallest absolute Gasteiger partial charge is 0.321 e. The summed E-state index contributed by atoms with van der Waals surface area (Å²) in [4.78, 5) is 13.5. The highest BCUT2D eigenvalue weighted by Gasteiger charge is 2.39. The first-order valence-electron chi connectivity index (χ1n) is 6.56. The van der Waals surface area contributed by atoms with Gasteiger partial charge in [0.2, 0.25) is 0 Å². The molecular formula is C15H21NO2. The van der Waals surface area contributed by atoms with Crippen LogP contribution in [0.4, 0.5) is 0 Å². The zero-order valence-corrected chi connectivity index (χ0v) is 11.3. The van der Waals surface area contributed by atoms with Crippen LogP contribution in [0.3, 0.4) is 0 Å². The molecule has 0 spiro atoms. The molecule has 2 rings (SSSR count). The lowest BCUT2D eigenvalue weighted by atomic mass is 10.0. The maximum atomic E-state index is 11.4. The van der Waals surface area contributed by atoms with Gasteiger partial charge in [0, 0.05) is 6.04 Å². The monoisotopic (exact) mass is 247 g/mol. The molecule has 0 saturated carbocycles. The number of carboxylic acid groups (broad SMARTS) is 1. The highest BCUT2D eigenvalue weighted by Crippen LogP contribution is 2.32. The van der Waals surface area contributed by atoms with E-state index < -0.39 is 5.97 Å². The number of likely N-dealkylation sites (tertiary alicyclic amines) is 1. The second-order valence-electron chi connectivity index (χ2n) is 5.37. The Bertz CT molecular complexity index is 427. The molecule has 1 aliphatic heterocycles. The molecule has 0 amide bonds. The molecule has 1 saturated heterocycles. The fourth-order valence-corrected chi connectivity index (χ4v) is 2.83. The first kappa shape index (κ1) is 13.1. The number of hydrogen-bond donors (Lipinski definition) is 1. The lowest BCUT2D eigenvalue weighted by molar-refractivity contribution is -0.144. The Labute approximate surface area is 108 Å². The van der Waals surface area contributed by atoms with Crippen molar-refractivity contribution >= 4 is 5.97 Å². The van der Waals surface area contributed by atoms with Crippen molar-refractivity contribution in [3.63, 3.8) is 0 Å². The third-order valence-corrected chi connectivity index (χ3v) is 4.05. The van der Waals surface area contributed by atoms with E-state index in [1.165, 1.54) is 11.1 Å². The van der Waals surface area contributed by atoms with Gasteiger partial charge in [-0.25, -0.2) is 0 Å². The topological polar surface area (TPSA) is 40.5 Å². The van der Waals surface area contributed by atoms with Gasteiger partial charge in [0.1, 0.15) is 6.04 Å². The third-order valence-electron chi connectivity index (χ3n) is 4.05. The number of carboxylic acids is 1. The van der Waals surface area contributed by atoms with Gasteiger partial charge in [-0.3, -0.25) is 9.69 Å². The largest absolute Gasteiger partial charge is 0.480 e. The highest BCUT2D eigenvalue weighted by atomic mass is 16.4. The van der Waals surface area contributed by atoms with Gasteiger partial charge in [0.25, 0.3) is 0 Å². The number of carbonyl (C=O) groups is 1. The van der Waals surface area contributed by atoms with Crippen LogP contribution < -0.4 is 0 Å². The summed E-state index contributed by atoms with van der Waals surface area (Å²) in [5, 5.41) is 9.35. The van der Waals surface area contributed by atoms with Crippen LogP contribution in [0.2, 0.25) is 0 Å². The second-order valence-corrected chi connectivity index (χ2v) is 5.37. The predicted molar refractivity (Wildman–Crippen MR) is 71.5 cm³/mol. The maximum Gasteiger partial charge on any atom is 0.321 e. The zero-order chi connectivity index (χ0) is 13.3. The van der Waals surface area contributed by atoms with Crippen LogP contribution in [0.5, 0.6) is 0 Å². The number of aryl methyl sites for hydroxylation is 1. The van der Waals surface area contributed by atoms with Crippen molar-refractivity contribution in [3.05, 3.63) is 35.4 Å². The molecule has 3 nitrogen and oxygen atoms in total. The van der Waals surface area contributed by atoms with E-state index in [1.54, 1.807) is 0 Å². The van der Waals surface area contributed by atoms with Gasteiger partial charge >= 0.3 is 5.97 Å². The Morgan fingerprint density at radius 1 is 1.39 bits per heavy atom. The van der Waals surface area contributed by atoms with E-state index in [0.717, 1.165) is 13.0 Å². The normalized spacial score (nSPS) is 26.2. The molecule has 1 N–H and O–H groups in total. The van der Waals surface area contributed by atoms with Crippen molar-refractivity contribution in [2.45, 2.75) is 39.3 Å². The lowest BCUT2D eigenvalue weighted by Crippen LogP contribution is -2.40. The lowest BCUT2D eigenvalue weighted by Gasteiger charge is -2.29. The van der Waals surface area contributed by atoms with E-state index >= 15 is 0 Å². The quantitative estimate of drug-likeness (QED) is 0.893. The van der Waals surface area contributed by atoms with Crippen molar-refractivity contribution < 1.29 is 9.90 Å². The van der Waals surface area contributed by atoms with Gasteiger partial charge in [-0.15, -0.1) is 0 Å². The molecule has 18 heavy (non-hydrogen) atoms. The van der Waals surface area contributed by atoms with E-state index in [2.05, 4.69) is 43.0 Å². The minimum Gasteiger partial charge on any atom is -0.480 e. The molecule has 0 bridgehead atoms. The summed E-state index contributed by atoms with van der Waals surface area (Å²) >= 11 is 0. The number of benzene rings is 1. The minimum absolute atomic E-state index is 0.164. The fraction of sp³-hybridized carbons (Fsp3) is 0.533. The van der Waals surface area contributed by atoms with Gasteiger partial charge in [0.05, 0.1) is 0 Å². The van der Waals surface area contributed by atoms with Crippen LogP contribution in [0.15, 0.2) is 24.3 Å². The van der Waals surface area contributed by atoms with Crippen molar-refractivity contribution in [1.29, 1.82) is 0 Å². The summed E-state index contributed by atoms with van der Waals surface area (Å²) in [6, 6.07) is 8.18. The molecule has 98 valence electrons. The van der Waals surface area contributed by atoms with Crippen molar-refractivity contribution in [2.75, 3.05) is 6.54 Å². The summed E-state index contributed by atoms with van der Waals surface area (Å²) < 4.78 is 0. The molecule has 3 unspecified atom stereocenters. The van der Waals surface area contributed by atoms with Crippen LogP contribution in [-0.2, 0) is 4.79 Å². The molecule has 0 radical (unpaired) electrons. The van der Waals surface area contributed by atoms with Gasteiger partial charge in [-0.05, 0) is 38.3 Å². The van der Waals surface area contributed by atoms with Gasteiger partial charge < -0.3 is 5.11 Å². The van der Waals surface area contributed by atoms with Gasteiger partial charge in [0.15, 0.2) is 0 Å². The predicted octanol–water partition coefficient (Wildman–Crippen LogP) is 2.85. The molecule has 0 aliphatic carbocycles. The molecule has 3 heteroatoms. The van der Waals surface area contributed by atoms with Gasteiger partial charge in [-0.1, -0.05) is 36.8 Å². The highest BCUT2D eigenvalue weighted by molar-refractivity contribution is 5.74. The van der Waals surface area contributed by atoms with Crippen molar-refractivity contribution in [3.8, 4) is 0 Å². The maximum absolute atomic E-state index is 11.4. The summed E-state index contributed by atoms with van der Waals surface area (Å²) in [5.41, 5.74) is 2.43. The number of aliphatic carboxylic acids is 1. The molecule has 1 aliphatic rings. The number of hydrogen-bond acceptors (Lipinski definition) is 2. The first-order valence-corrected chi connectivity index (χ1v) is 6.56. The Kier molecular flexibility index (Phi) is 3.71. The Balaban J connectivity index is 2.20. The fourth-order valence-electron chi connectivity index (χ4n) is 2.83. The molecule has 1 aromatic rings. The van der Waals surface area contributed by atoms with E-state index in [0.29, 0.717) is 0 Å². The van der Waals surface area contributed by atoms with Crippen LogP contribution in [0.25, 0.3) is 0 Å². The van der Waals surface area contributed by atoms with E-state index in [1.807, 2.05) is 6.92 Å². The van der Waals surface area contributed by atoms with Crippen molar-refractivity contribution in [2.24, 2.45) is 5.92 Å². The Hall–Kier alpha value is -1.35. The number of rotatable bonds is 3. The van der Waals surface area contributed by atoms with Gasteiger partial charge in [-0.2, -0.15) is 0 Å². The molecule has 1 heterocycles. The molecule has 1 aromatic carbocycles. The van der Waals surface area contributed by atoms with Crippen LogP contribution in [-0.4, -0.2) is 28.6 Å². The average Bonchev–Trinajstić information content (AvgIpc) is 2.71. The zero-order valence-electron chi connectivity index (χ0n) is 11.3. The SMILES string of the molecule is Cc1ccc(C(C)N2CCC(C)C2C(=O)O)cc1. The first-order chi connectivity index (χ1) is 8.50. The van der Waals surface area contributed by atoms with E-state index in [-0.39, 0.29) is 18.0 Å². The minimum atomic E-state index is -0.695. The summed E-state index contributed by atoms with van der Waals surface area (Å²) in [5.74, 6) is -0.464. The molecular weight excluding hydrogens is 226 g/mol. The summed E-state index contributed by atoms with van der Waals surface area (Å²) in [7, 11) is 0. The standard InChI is InChI=1S/C15H21NO2/c1-10-4-6-13(7-5-10)12(3)16-9-8-11(2)14(16)15(17)18/h4-7,11-12,14H,8-9H2,1-3H3,(H,17,18). The van der Waals surface area contributed by atoms with E-state index in [9.17, 15) is 9.90 Å². The third kappa shape index (κ3) is 2.41. The number of nitrogens with zero attached hydrogens (tertiary/aromatic N) is 1. The van der Waals surface area contributed by atoms with Crippen molar-refractivity contribution in [1.82, 2.24) is 4.90 Å². The van der Waals surface area contributed by atoms with Crippen LogP contribution >= 0.6 is 0 Å². The second kappa shape index (κ2) is 5.11. The van der Waals surface area contributed by atoms with E-state index in [4.69, 9.17) is 0 Å². The molecule has 3 atom stereocenters. The Morgan fingerprint density at radius 3 is 2.56 bits per heavy atom. The summed E-state index contributed by atoms with van der Waals surface area (Å²) in [6.07, 6.45) is 0.965. The summed E-state index contributed by atoms with van der Waals surface area (Å²) in [6.45, 7) is 7.05. The average molecular weight is 247 g/mol. The van der Waals surface area contributed by atoms with Crippen LogP contribution in [0.1, 0.15) is 37.4 Å². The van der Waals surface area contributed by atoms with Crippen LogP contribution in [0, 0.1) is 12.8 Å². The molecule has 1 fully saturated rings.